The Morgan fingerprint density at radius 1 is 1.47 bits per heavy atom. The third-order valence-electron chi connectivity index (χ3n) is 1.91. The number of nitrogens with zero attached hydrogens (tertiary/aromatic N) is 4. The highest BCUT2D eigenvalue weighted by Crippen LogP contribution is 2.31. The minimum Gasteiger partial charge on any atom is -0.311 e. The van der Waals surface area contributed by atoms with Crippen molar-refractivity contribution in [2.45, 2.75) is 17.1 Å². The molecule has 0 bridgehead atoms. The van der Waals surface area contributed by atoms with E-state index in [4.69, 9.17) is 0 Å². The number of hydrogen-bond acceptors (Lipinski definition) is 4. The largest absolute Gasteiger partial charge is 0.311 e. The molecule has 0 aliphatic rings. The third kappa shape index (κ3) is 2.21. The fraction of sp³-hybridized carbons (Fsp3) is 0.222. The molecule has 0 radical (unpaired) electrons. The van der Waals surface area contributed by atoms with Crippen molar-refractivity contribution in [2.75, 3.05) is 0 Å². The first-order valence-electron chi connectivity index (χ1n) is 4.31. The maximum atomic E-state index is 4.29. The molecule has 4 nitrogen and oxygen atoms in total. The highest BCUT2D eigenvalue weighted by Gasteiger charge is 2.09. The van der Waals surface area contributed by atoms with Crippen LogP contribution in [-0.4, -0.2) is 19.7 Å². The Bertz CT molecular complexity index is 483. The first kappa shape index (κ1) is 10.6. The van der Waals surface area contributed by atoms with Gasteiger partial charge in [-0.05, 0) is 46.2 Å². The van der Waals surface area contributed by atoms with Gasteiger partial charge in [0, 0.05) is 13.2 Å². The van der Waals surface area contributed by atoms with Crippen molar-refractivity contribution >= 4 is 27.7 Å². The van der Waals surface area contributed by atoms with Crippen molar-refractivity contribution in [2.24, 2.45) is 7.05 Å². The SMILES string of the molecule is Cc1ccnc(Sc2nncn2C)c1Br. The van der Waals surface area contributed by atoms with Gasteiger partial charge in [0.15, 0.2) is 5.16 Å². The van der Waals surface area contributed by atoms with Gasteiger partial charge in [-0.3, -0.25) is 0 Å². The normalized spacial score (nSPS) is 10.6. The van der Waals surface area contributed by atoms with E-state index in [1.54, 1.807) is 12.5 Å². The second-order valence-corrected chi connectivity index (χ2v) is 4.82. The lowest BCUT2D eigenvalue weighted by molar-refractivity contribution is 0.786. The molecular weight excluding hydrogens is 276 g/mol. The average molecular weight is 285 g/mol. The minimum absolute atomic E-state index is 0.828. The summed E-state index contributed by atoms with van der Waals surface area (Å²) in [4.78, 5) is 4.29. The van der Waals surface area contributed by atoms with Gasteiger partial charge >= 0.3 is 0 Å². The molecule has 78 valence electrons. The third-order valence-corrected chi connectivity index (χ3v) is 4.23. The lowest BCUT2D eigenvalue weighted by Gasteiger charge is -2.04. The van der Waals surface area contributed by atoms with Gasteiger partial charge < -0.3 is 4.57 Å². The molecule has 2 aromatic rings. The van der Waals surface area contributed by atoms with Crippen molar-refractivity contribution in [3.63, 3.8) is 0 Å². The van der Waals surface area contributed by atoms with Crippen LogP contribution in [0.15, 0.2) is 33.2 Å². The van der Waals surface area contributed by atoms with Crippen LogP contribution in [0.2, 0.25) is 0 Å². The fourth-order valence-corrected chi connectivity index (χ4v) is 2.33. The van der Waals surface area contributed by atoms with Gasteiger partial charge in [0.2, 0.25) is 0 Å². The zero-order valence-corrected chi connectivity index (χ0v) is 10.7. The summed E-state index contributed by atoms with van der Waals surface area (Å²) >= 11 is 5.00. The number of rotatable bonds is 2. The van der Waals surface area contributed by atoms with Crippen molar-refractivity contribution in [3.05, 3.63) is 28.6 Å². The second kappa shape index (κ2) is 4.32. The number of aryl methyl sites for hydroxylation is 2. The molecule has 0 atom stereocenters. The van der Waals surface area contributed by atoms with Gasteiger partial charge in [-0.2, -0.15) is 0 Å². The summed E-state index contributed by atoms with van der Waals surface area (Å²) < 4.78 is 2.87. The lowest BCUT2D eigenvalue weighted by Crippen LogP contribution is -1.91. The summed E-state index contributed by atoms with van der Waals surface area (Å²) in [6, 6.07) is 1.96. The van der Waals surface area contributed by atoms with E-state index in [-0.39, 0.29) is 0 Å². The van der Waals surface area contributed by atoms with E-state index in [0.717, 1.165) is 20.2 Å². The molecule has 0 saturated heterocycles. The second-order valence-electron chi connectivity index (χ2n) is 3.07. The predicted octanol–water partition coefficient (Wildman–Crippen LogP) is 2.43. The Morgan fingerprint density at radius 2 is 2.27 bits per heavy atom. The quantitative estimate of drug-likeness (QED) is 0.850. The average Bonchev–Trinajstić information content (AvgIpc) is 2.60. The zero-order valence-electron chi connectivity index (χ0n) is 8.31. The first-order valence-corrected chi connectivity index (χ1v) is 5.92. The van der Waals surface area contributed by atoms with Gasteiger partial charge in [-0.1, -0.05) is 0 Å². The molecule has 0 spiro atoms. The molecule has 0 saturated carbocycles. The van der Waals surface area contributed by atoms with Crippen LogP contribution in [0.5, 0.6) is 0 Å². The lowest BCUT2D eigenvalue weighted by atomic mass is 10.3. The van der Waals surface area contributed by atoms with E-state index in [0.29, 0.717) is 0 Å². The van der Waals surface area contributed by atoms with E-state index in [1.165, 1.54) is 11.8 Å². The van der Waals surface area contributed by atoms with Crippen LogP contribution in [0, 0.1) is 6.92 Å². The summed E-state index contributed by atoms with van der Waals surface area (Å²) in [6.07, 6.45) is 3.46. The van der Waals surface area contributed by atoms with Crippen LogP contribution in [0.25, 0.3) is 0 Å². The molecule has 0 amide bonds. The van der Waals surface area contributed by atoms with Crippen LogP contribution in [0.1, 0.15) is 5.56 Å². The fourth-order valence-electron chi connectivity index (χ4n) is 1.04. The minimum atomic E-state index is 0.828. The molecule has 0 aliphatic heterocycles. The summed E-state index contributed by atoms with van der Waals surface area (Å²) in [5, 5.41) is 9.55. The van der Waals surface area contributed by atoms with Gasteiger partial charge in [0.1, 0.15) is 11.4 Å². The Morgan fingerprint density at radius 3 is 2.93 bits per heavy atom. The van der Waals surface area contributed by atoms with Gasteiger partial charge in [-0.15, -0.1) is 10.2 Å². The highest BCUT2D eigenvalue weighted by atomic mass is 79.9. The summed E-state index contributed by atoms with van der Waals surface area (Å²) in [6.45, 7) is 2.03. The Hall–Kier alpha value is -0.880. The summed E-state index contributed by atoms with van der Waals surface area (Å²) in [5.74, 6) is 0. The van der Waals surface area contributed by atoms with Crippen molar-refractivity contribution in [3.8, 4) is 0 Å². The maximum Gasteiger partial charge on any atom is 0.197 e. The van der Waals surface area contributed by atoms with E-state index in [9.17, 15) is 0 Å². The van der Waals surface area contributed by atoms with Crippen molar-refractivity contribution in [1.82, 2.24) is 19.7 Å². The topological polar surface area (TPSA) is 43.6 Å². The molecule has 0 N–H and O–H groups in total. The molecule has 2 aromatic heterocycles. The van der Waals surface area contributed by atoms with Gasteiger partial charge in [0.25, 0.3) is 0 Å². The summed E-state index contributed by atoms with van der Waals surface area (Å²) in [5.41, 5.74) is 1.16. The molecule has 0 aliphatic carbocycles. The summed E-state index contributed by atoms with van der Waals surface area (Å²) in [7, 11) is 1.91. The molecule has 0 fully saturated rings. The van der Waals surface area contributed by atoms with E-state index < -0.39 is 0 Å². The molecule has 2 heterocycles. The Labute approximate surface area is 100 Å². The Balaban J connectivity index is 2.33. The molecule has 6 heteroatoms. The van der Waals surface area contributed by atoms with E-state index in [1.807, 2.05) is 24.6 Å². The Kier molecular flexibility index (Phi) is 3.06. The maximum absolute atomic E-state index is 4.29. The van der Waals surface area contributed by atoms with Crippen LogP contribution in [0.3, 0.4) is 0 Å². The van der Waals surface area contributed by atoms with Crippen LogP contribution in [0.4, 0.5) is 0 Å². The standard InChI is InChI=1S/C9H9BrN4S/c1-6-3-4-11-8(7(6)10)15-9-13-12-5-14(9)2/h3-5H,1-2H3. The van der Waals surface area contributed by atoms with Crippen molar-refractivity contribution in [1.29, 1.82) is 0 Å². The highest BCUT2D eigenvalue weighted by molar-refractivity contribution is 9.10. The van der Waals surface area contributed by atoms with Gasteiger partial charge in [-0.25, -0.2) is 4.98 Å². The number of aromatic nitrogens is 4. The predicted molar refractivity (Wildman–Crippen MR) is 61.8 cm³/mol. The molecular formula is C9H9BrN4S. The molecule has 15 heavy (non-hydrogen) atoms. The monoisotopic (exact) mass is 284 g/mol. The van der Waals surface area contributed by atoms with Crippen LogP contribution in [-0.2, 0) is 7.05 Å². The van der Waals surface area contributed by atoms with E-state index >= 15 is 0 Å². The zero-order chi connectivity index (χ0) is 10.8. The van der Waals surface area contributed by atoms with Gasteiger partial charge in [0.05, 0.1) is 4.47 Å². The number of hydrogen-bond donors (Lipinski definition) is 0. The van der Waals surface area contributed by atoms with Crippen LogP contribution >= 0.6 is 27.7 Å². The smallest absolute Gasteiger partial charge is 0.197 e. The molecule has 0 aromatic carbocycles. The molecule has 0 unspecified atom stereocenters. The molecule has 2 rings (SSSR count). The number of pyridine rings is 1. The van der Waals surface area contributed by atoms with E-state index in [2.05, 4.69) is 31.1 Å². The number of halogens is 1. The van der Waals surface area contributed by atoms with Crippen LogP contribution < -0.4 is 0 Å². The first-order chi connectivity index (χ1) is 7.18. The van der Waals surface area contributed by atoms with Crippen molar-refractivity contribution < 1.29 is 0 Å².